The van der Waals surface area contributed by atoms with Crippen LogP contribution < -0.4 is 0 Å². The third-order valence-electron chi connectivity index (χ3n) is 3.33. The van der Waals surface area contributed by atoms with Gasteiger partial charge in [-0.05, 0) is 18.1 Å². The van der Waals surface area contributed by atoms with E-state index in [-0.39, 0.29) is 5.04 Å². The van der Waals surface area contributed by atoms with Gasteiger partial charge in [-0.15, -0.1) is 0 Å². The number of hydrogen-bond acceptors (Lipinski definition) is 3. The quantitative estimate of drug-likeness (QED) is 0.597. The predicted molar refractivity (Wildman–Crippen MR) is 77.2 cm³/mol. The monoisotopic (exact) mass is 273 g/mol. The zero-order valence-corrected chi connectivity index (χ0v) is 13.7. The Morgan fingerprint density at radius 1 is 1.33 bits per heavy atom. The van der Waals surface area contributed by atoms with E-state index in [2.05, 4.69) is 33.9 Å². The largest absolute Gasteiger partial charge is 0.478 e. The van der Waals surface area contributed by atoms with Crippen LogP contribution in [-0.4, -0.2) is 45.0 Å². The van der Waals surface area contributed by atoms with Crippen molar-refractivity contribution in [1.82, 2.24) is 4.90 Å². The van der Waals surface area contributed by atoms with Gasteiger partial charge in [-0.2, -0.15) is 0 Å². The molecule has 0 atom stereocenters. The molecule has 0 rings (SSSR count). The van der Waals surface area contributed by atoms with E-state index in [1.807, 2.05) is 14.1 Å². The Labute approximate surface area is 112 Å². The molecule has 0 aliphatic rings. The van der Waals surface area contributed by atoms with E-state index in [4.69, 9.17) is 9.53 Å². The van der Waals surface area contributed by atoms with Crippen LogP contribution in [0.4, 0.5) is 0 Å². The molecule has 0 heterocycles. The highest BCUT2D eigenvalue weighted by molar-refractivity contribution is 6.74. The van der Waals surface area contributed by atoms with Crippen molar-refractivity contribution in [2.45, 2.75) is 45.3 Å². The first-order valence-corrected chi connectivity index (χ1v) is 9.12. The maximum Gasteiger partial charge on any atom is 0.333 e. The normalized spacial score (nSPS) is 13.6. The van der Waals surface area contributed by atoms with Gasteiger partial charge in [0.2, 0.25) is 0 Å². The summed E-state index contributed by atoms with van der Waals surface area (Å²) < 4.78 is 5.97. The van der Waals surface area contributed by atoms with Crippen molar-refractivity contribution in [3.8, 4) is 0 Å². The molecule has 0 radical (unpaired) electrons. The predicted octanol–water partition coefficient (Wildman–Crippen LogP) is 2.93. The average molecular weight is 273 g/mol. The Balaban J connectivity index is 4.46. The summed E-state index contributed by atoms with van der Waals surface area (Å²) in [5.74, 6) is -0.873. The fourth-order valence-electron chi connectivity index (χ4n) is 1.17. The van der Waals surface area contributed by atoms with Crippen molar-refractivity contribution in [1.29, 1.82) is 0 Å². The van der Waals surface area contributed by atoms with Crippen LogP contribution in [0, 0.1) is 0 Å². The summed E-state index contributed by atoms with van der Waals surface area (Å²) in [4.78, 5) is 12.8. The lowest BCUT2D eigenvalue weighted by molar-refractivity contribution is -0.133. The average Bonchev–Trinajstić information content (AvgIpc) is 2.13. The fraction of sp³-hybridized carbons (Fsp3) is 0.769. The van der Waals surface area contributed by atoms with Crippen LogP contribution in [0.15, 0.2) is 11.8 Å². The summed E-state index contributed by atoms with van der Waals surface area (Å²) in [7, 11) is 1.85. The van der Waals surface area contributed by atoms with Gasteiger partial charge in [0, 0.05) is 33.3 Å². The summed E-state index contributed by atoms with van der Waals surface area (Å²) in [6.07, 6.45) is 2.08. The zero-order valence-electron chi connectivity index (χ0n) is 12.7. The maximum atomic E-state index is 11.0. The first kappa shape index (κ1) is 17.2. The molecule has 0 bridgehead atoms. The second kappa shape index (κ2) is 6.38. The number of carbonyl (C=O) groups is 1. The molecule has 18 heavy (non-hydrogen) atoms. The molecule has 106 valence electrons. The SMILES string of the molecule is CN(C)/C=C(\CCO[Si](C)(C)C(C)(C)C)C(=O)O. The minimum Gasteiger partial charge on any atom is -0.478 e. The Morgan fingerprint density at radius 2 is 1.83 bits per heavy atom. The molecule has 0 aromatic heterocycles. The highest BCUT2D eigenvalue weighted by Crippen LogP contribution is 2.36. The van der Waals surface area contributed by atoms with Crippen LogP contribution in [-0.2, 0) is 9.22 Å². The van der Waals surface area contributed by atoms with Crippen LogP contribution in [0.3, 0.4) is 0 Å². The number of rotatable bonds is 6. The molecule has 0 spiro atoms. The van der Waals surface area contributed by atoms with Crippen molar-refractivity contribution >= 4 is 14.3 Å². The zero-order chi connectivity index (χ0) is 14.6. The lowest BCUT2D eigenvalue weighted by Crippen LogP contribution is -2.41. The molecule has 5 heteroatoms. The smallest absolute Gasteiger partial charge is 0.333 e. The van der Waals surface area contributed by atoms with Gasteiger partial charge in [-0.3, -0.25) is 0 Å². The van der Waals surface area contributed by atoms with Gasteiger partial charge in [0.15, 0.2) is 8.32 Å². The Bertz CT molecular complexity index is 317. The minimum absolute atomic E-state index is 0.154. The highest BCUT2D eigenvalue weighted by Gasteiger charge is 2.36. The van der Waals surface area contributed by atoms with Gasteiger partial charge in [-0.25, -0.2) is 4.79 Å². The van der Waals surface area contributed by atoms with Gasteiger partial charge in [-0.1, -0.05) is 20.8 Å². The molecule has 1 N–H and O–H groups in total. The second-order valence-electron chi connectivity index (χ2n) is 6.28. The van der Waals surface area contributed by atoms with Gasteiger partial charge < -0.3 is 14.4 Å². The van der Waals surface area contributed by atoms with E-state index in [0.29, 0.717) is 18.6 Å². The van der Waals surface area contributed by atoms with Crippen molar-refractivity contribution in [3.63, 3.8) is 0 Å². The van der Waals surface area contributed by atoms with Gasteiger partial charge in [0.25, 0.3) is 0 Å². The summed E-state index contributed by atoms with van der Waals surface area (Å²) in [6.45, 7) is 11.3. The molecule has 0 fully saturated rings. The minimum atomic E-state index is -1.78. The number of carboxylic acid groups (broad SMARTS) is 1. The number of carboxylic acids is 1. The molecule has 0 aromatic rings. The van der Waals surface area contributed by atoms with Crippen LogP contribution in [0.2, 0.25) is 18.1 Å². The third kappa shape index (κ3) is 5.69. The molecule has 0 aliphatic carbocycles. The summed E-state index contributed by atoms with van der Waals surface area (Å²) in [6, 6.07) is 0. The summed E-state index contributed by atoms with van der Waals surface area (Å²) in [5.41, 5.74) is 0.388. The first-order valence-electron chi connectivity index (χ1n) is 6.22. The van der Waals surface area contributed by atoms with Gasteiger partial charge in [0.05, 0.1) is 5.57 Å². The van der Waals surface area contributed by atoms with Crippen LogP contribution in [0.1, 0.15) is 27.2 Å². The topological polar surface area (TPSA) is 49.8 Å². The molecule has 0 saturated heterocycles. The van der Waals surface area contributed by atoms with Crippen molar-refractivity contribution in [2.75, 3.05) is 20.7 Å². The van der Waals surface area contributed by atoms with E-state index in [9.17, 15) is 4.79 Å². The second-order valence-corrected chi connectivity index (χ2v) is 11.1. The van der Waals surface area contributed by atoms with Crippen molar-refractivity contribution in [3.05, 3.63) is 11.8 Å². The van der Waals surface area contributed by atoms with Crippen LogP contribution >= 0.6 is 0 Å². The molecule has 0 aliphatic heterocycles. The lowest BCUT2D eigenvalue weighted by Gasteiger charge is -2.36. The van der Waals surface area contributed by atoms with E-state index in [1.54, 1.807) is 11.1 Å². The van der Waals surface area contributed by atoms with Gasteiger partial charge >= 0.3 is 5.97 Å². The van der Waals surface area contributed by atoms with Crippen LogP contribution in [0.5, 0.6) is 0 Å². The number of hydrogen-bond donors (Lipinski definition) is 1. The highest BCUT2D eigenvalue weighted by atomic mass is 28.4. The summed E-state index contributed by atoms with van der Waals surface area (Å²) >= 11 is 0. The molecule has 0 unspecified atom stereocenters. The van der Waals surface area contributed by atoms with E-state index < -0.39 is 14.3 Å². The molecule has 0 saturated carbocycles. The fourth-order valence-corrected chi connectivity index (χ4v) is 2.22. The molecule has 4 nitrogen and oxygen atoms in total. The maximum absolute atomic E-state index is 11.0. The molecular weight excluding hydrogens is 246 g/mol. The Morgan fingerprint density at radius 3 is 2.17 bits per heavy atom. The number of nitrogens with zero attached hydrogens (tertiary/aromatic N) is 1. The number of aliphatic carboxylic acids is 1. The standard InChI is InChI=1S/C13H27NO3Si/c1-13(2,3)18(6,7)17-9-8-11(12(15)16)10-14(4)5/h10H,8-9H2,1-7H3,(H,15,16)/b11-10+. The Hall–Kier alpha value is -0.813. The lowest BCUT2D eigenvalue weighted by atomic mass is 10.2. The molecule has 0 aromatic carbocycles. The van der Waals surface area contributed by atoms with E-state index in [1.165, 1.54) is 0 Å². The van der Waals surface area contributed by atoms with Crippen molar-refractivity contribution < 1.29 is 14.3 Å². The third-order valence-corrected chi connectivity index (χ3v) is 7.87. The molecular formula is C13H27NO3Si. The van der Waals surface area contributed by atoms with Crippen LogP contribution in [0.25, 0.3) is 0 Å². The van der Waals surface area contributed by atoms with E-state index >= 15 is 0 Å². The van der Waals surface area contributed by atoms with Crippen molar-refractivity contribution in [2.24, 2.45) is 0 Å². The summed E-state index contributed by atoms with van der Waals surface area (Å²) in [5, 5.41) is 9.23. The molecule has 0 amide bonds. The first-order chi connectivity index (χ1) is 7.97. The van der Waals surface area contributed by atoms with E-state index in [0.717, 1.165) is 0 Å². The van der Waals surface area contributed by atoms with Gasteiger partial charge in [0.1, 0.15) is 0 Å². The Kier molecular flexibility index (Phi) is 6.09.